The van der Waals surface area contributed by atoms with Crippen LogP contribution in [0, 0.1) is 0 Å². The average Bonchev–Trinajstić information content (AvgIpc) is 3.08. The van der Waals surface area contributed by atoms with Crippen molar-refractivity contribution in [3.8, 4) is 5.75 Å². The zero-order valence-electron chi connectivity index (χ0n) is 22.0. The Morgan fingerprint density at radius 3 is 2.42 bits per heavy atom. The summed E-state index contributed by atoms with van der Waals surface area (Å²) in [4.78, 5) is 52.8. The van der Waals surface area contributed by atoms with Crippen LogP contribution in [-0.2, 0) is 32.7 Å². The zero-order valence-corrected chi connectivity index (χ0v) is 22.7. The number of aryl methyl sites for hydroxylation is 1. The number of imidazole rings is 1. The number of aromatic nitrogens is 2. The number of esters is 1. The third-order valence-electron chi connectivity index (χ3n) is 6.31. The third kappa shape index (κ3) is 5.52. The molecule has 9 nitrogen and oxygen atoms in total. The van der Waals surface area contributed by atoms with E-state index in [2.05, 4.69) is 0 Å². The van der Waals surface area contributed by atoms with Gasteiger partial charge in [-0.1, -0.05) is 23.7 Å². The molecule has 0 N–H and O–H groups in total. The van der Waals surface area contributed by atoms with Crippen LogP contribution in [0.15, 0.2) is 47.3 Å². The Bertz CT molecular complexity index is 1490. The van der Waals surface area contributed by atoms with Gasteiger partial charge in [-0.2, -0.15) is 0 Å². The standard InChI is InChI=1S/C28H30ClN3O6/c1-28(2,3)38-25(34)13-8-18-14-22-23(15-20(18)29)32(27(36)30(22)4)21-11-12-24(33)31(26(21)35)16-17-6-9-19(37-5)10-7-17/h6-10,13-15,21H,11-12,16H2,1-5H3/b13-8+. The summed E-state index contributed by atoms with van der Waals surface area (Å²) in [7, 11) is 3.16. The Labute approximate surface area is 225 Å². The lowest BCUT2D eigenvalue weighted by Crippen LogP contribution is -2.47. The number of likely N-dealkylation sites (tertiary alicyclic amines) is 1. The third-order valence-corrected chi connectivity index (χ3v) is 6.64. The van der Waals surface area contributed by atoms with Gasteiger partial charge >= 0.3 is 11.7 Å². The second-order valence-corrected chi connectivity index (χ2v) is 10.6. The Balaban J connectivity index is 1.67. The highest BCUT2D eigenvalue weighted by molar-refractivity contribution is 6.32. The molecule has 1 aliphatic rings. The van der Waals surface area contributed by atoms with Crippen LogP contribution < -0.4 is 10.4 Å². The quantitative estimate of drug-likeness (QED) is 0.264. The molecule has 0 aliphatic carbocycles. The molecule has 1 aromatic heterocycles. The first kappa shape index (κ1) is 27.2. The minimum Gasteiger partial charge on any atom is -0.497 e. The Kier molecular flexibility index (Phi) is 7.51. The number of amides is 2. The number of nitrogens with zero attached hydrogens (tertiary/aromatic N) is 3. The molecule has 2 heterocycles. The predicted molar refractivity (Wildman–Crippen MR) is 144 cm³/mol. The number of imide groups is 1. The van der Waals surface area contributed by atoms with Crippen molar-refractivity contribution in [2.75, 3.05) is 7.11 Å². The molecule has 0 radical (unpaired) electrons. The maximum atomic E-state index is 13.5. The van der Waals surface area contributed by atoms with Gasteiger partial charge in [0.15, 0.2) is 0 Å². The zero-order chi connectivity index (χ0) is 27.8. The minimum absolute atomic E-state index is 0.0953. The van der Waals surface area contributed by atoms with Crippen LogP contribution in [-0.4, -0.2) is 44.5 Å². The van der Waals surface area contributed by atoms with E-state index in [9.17, 15) is 19.2 Å². The smallest absolute Gasteiger partial charge is 0.331 e. The second-order valence-electron chi connectivity index (χ2n) is 10.2. The Morgan fingerprint density at radius 1 is 1.11 bits per heavy atom. The molecule has 2 amide bonds. The molecule has 1 aliphatic heterocycles. The normalized spacial score (nSPS) is 16.5. The summed E-state index contributed by atoms with van der Waals surface area (Å²) in [6.07, 6.45) is 3.13. The van der Waals surface area contributed by atoms with Gasteiger partial charge in [-0.15, -0.1) is 0 Å². The average molecular weight is 540 g/mol. The summed E-state index contributed by atoms with van der Waals surface area (Å²) < 4.78 is 13.3. The predicted octanol–water partition coefficient (Wildman–Crippen LogP) is 4.25. The summed E-state index contributed by atoms with van der Waals surface area (Å²) in [5.74, 6) is -0.586. The molecule has 10 heteroatoms. The van der Waals surface area contributed by atoms with Crippen molar-refractivity contribution in [2.45, 2.75) is 51.8 Å². The van der Waals surface area contributed by atoms with Crippen LogP contribution in [0.5, 0.6) is 5.75 Å². The molecule has 0 bridgehead atoms. The number of hydrogen-bond donors (Lipinski definition) is 0. The lowest BCUT2D eigenvalue weighted by atomic mass is 10.0. The first-order valence-electron chi connectivity index (χ1n) is 12.2. The maximum Gasteiger partial charge on any atom is 0.331 e. The fourth-order valence-corrected chi connectivity index (χ4v) is 4.68. The van der Waals surface area contributed by atoms with Gasteiger partial charge in [0.2, 0.25) is 5.91 Å². The van der Waals surface area contributed by atoms with E-state index in [-0.39, 0.29) is 25.3 Å². The van der Waals surface area contributed by atoms with Crippen LogP contribution in [0.2, 0.25) is 5.02 Å². The van der Waals surface area contributed by atoms with E-state index < -0.39 is 29.2 Å². The number of fused-ring (bicyclic) bond motifs is 1. The Hall–Kier alpha value is -3.85. The van der Waals surface area contributed by atoms with Crippen LogP contribution in [0.1, 0.15) is 50.8 Å². The van der Waals surface area contributed by atoms with E-state index in [1.807, 2.05) is 0 Å². The van der Waals surface area contributed by atoms with Crippen molar-refractivity contribution < 1.29 is 23.9 Å². The second kappa shape index (κ2) is 10.5. The number of carbonyl (C=O) groups is 3. The van der Waals surface area contributed by atoms with E-state index in [4.69, 9.17) is 21.1 Å². The van der Waals surface area contributed by atoms with Crippen molar-refractivity contribution in [3.63, 3.8) is 0 Å². The van der Waals surface area contributed by atoms with Gasteiger partial charge in [-0.25, -0.2) is 9.59 Å². The van der Waals surface area contributed by atoms with Gasteiger partial charge in [-0.3, -0.25) is 23.6 Å². The number of rotatable bonds is 6. The first-order chi connectivity index (χ1) is 17.9. The van der Waals surface area contributed by atoms with Crippen molar-refractivity contribution >= 4 is 46.5 Å². The molecule has 1 fully saturated rings. The molecule has 1 saturated heterocycles. The highest BCUT2D eigenvalue weighted by atomic mass is 35.5. The largest absolute Gasteiger partial charge is 0.497 e. The van der Waals surface area contributed by atoms with Crippen LogP contribution >= 0.6 is 11.6 Å². The summed E-state index contributed by atoms with van der Waals surface area (Å²) >= 11 is 6.52. The minimum atomic E-state index is -0.860. The van der Waals surface area contributed by atoms with E-state index in [1.54, 1.807) is 71.3 Å². The van der Waals surface area contributed by atoms with E-state index >= 15 is 0 Å². The van der Waals surface area contributed by atoms with Crippen LogP contribution in [0.4, 0.5) is 0 Å². The van der Waals surface area contributed by atoms with Gasteiger partial charge in [0.05, 0.1) is 29.7 Å². The van der Waals surface area contributed by atoms with Crippen molar-refractivity contribution in [3.05, 3.63) is 69.1 Å². The molecule has 1 atom stereocenters. The fraction of sp³-hybridized carbons (Fsp3) is 0.357. The lowest BCUT2D eigenvalue weighted by molar-refractivity contribution is -0.152. The molecule has 0 spiro atoms. The summed E-state index contributed by atoms with van der Waals surface area (Å²) in [6, 6.07) is 9.53. The molecule has 1 unspecified atom stereocenters. The SMILES string of the molecule is COc1ccc(CN2C(=O)CCC(n3c(=O)n(C)c4cc(/C=C/C(=O)OC(C)(C)C)c(Cl)cc43)C2=O)cc1. The Morgan fingerprint density at radius 2 is 1.79 bits per heavy atom. The van der Waals surface area contributed by atoms with E-state index in [0.29, 0.717) is 27.4 Å². The number of hydrogen-bond acceptors (Lipinski definition) is 6. The van der Waals surface area contributed by atoms with Gasteiger partial charge in [0, 0.05) is 19.5 Å². The van der Waals surface area contributed by atoms with Crippen molar-refractivity contribution in [1.82, 2.24) is 14.0 Å². The monoisotopic (exact) mass is 539 g/mol. The van der Waals surface area contributed by atoms with Crippen LogP contribution in [0.25, 0.3) is 17.1 Å². The number of ether oxygens (including phenoxy) is 2. The first-order valence-corrected chi connectivity index (χ1v) is 12.6. The number of carbonyl (C=O) groups excluding carboxylic acids is 3. The number of piperidine rings is 1. The van der Waals surface area contributed by atoms with Gasteiger partial charge in [0.25, 0.3) is 5.91 Å². The molecule has 3 aromatic rings. The van der Waals surface area contributed by atoms with Gasteiger partial charge in [0.1, 0.15) is 17.4 Å². The van der Waals surface area contributed by atoms with Crippen molar-refractivity contribution in [2.24, 2.45) is 7.05 Å². The fourth-order valence-electron chi connectivity index (χ4n) is 4.46. The summed E-state index contributed by atoms with van der Waals surface area (Å²) in [6.45, 7) is 5.41. The number of halogens is 1. The molecule has 4 rings (SSSR count). The molecular formula is C28H30ClN3O6. The number of methoxy groups -OCH3 is 1. The van der Waals surface area contributed by atoms with E-state index in [0.717, 1.165) is 5.56 Å². The summed E-state index contributed by atoms with van der Waals surface area (Å²) in [5, 5.41) is 0.297. The lowest BCUT2D eigenvalue weighted by Gasteiger charge is -2.31. The molecule has 200 valence electrons. The van der Waals surface area contributed by atoms with Crippen LogP contribution in [0.3, 0.4) is 0 Å². The highest BCUT2D eigenvalue weighted by Crippen LogP contribution is 2.31. The maximum absolute atomic E-state index is 13.5. The molecule has 2 aromatic carbocycles. The molecule has 38 heavy (non-hydrogen) atoms. The van der Waals surface area contributed by atoms with E-state index in [1.165, 1.54) is 26.2 Å². The molecular weight excluding hydrogens is 510 g/mol. The van der Waals surface area contributed by atoms with Gasteiger partial charge in [-0.05, 0) is 68.7 Å². The van der Waals surface area contributed by atoms with Gasteiger partial charge < -0.3 is 9.47 Å². The topological polar surface area (TPSA) is 99.8 Å². The molecule has 0 saturated carbocycles. The highest BCUT2D eigenvalue weighted by Gasteiger charge is 2.37. The number of benzene rings is 2. The van der Waals surface area contributed by atoms with Crippen molar-refractivity contribution in [1.29, 1.82) is 0 Å². The summed E-state index contributed by atoms with van der Waals surface area (Å²) in [5.41, 5.74) is 1.25.